The van der Waals surface area contributed by atoms with Crippen molar-refractivity contribution in [2.45, 2.75) is 24.9 Å². The molecule has 0 radical (unpaired) electrons. The summed E-state index contributed by atoms with van der Waals surface area (Å²) in [6.45, 7) is 0. The number of carbonyl (C=O) groups excluding carboxylic acids is 2. The Hall–Kier alpha value is -3.78. The van der Waals surface area contributed by atoms with Gasteiger partial charge in [-0.1, -0.05) is 48.5 Å². The van der Waals surface area contributed by atoms with Gasteiger partial charge in [0.05, 0.1) is 29.4 Å². The normalized spacial score (nSPS) is 12.8. The topological polar surface area (TPSA) is 138 Å². The summed E-state index contributed by atoms with van der Waals surface area (Å²) >= 11 is 3.05. The Balaban J connectivity index is 1.64. The number of nitrogens with zero attached hydrogens (tertiary/aromatic N) is 2. The molecule has 0 fully saturated rings. The first-order valence-electron chi connectivity index (χ1n) is 12.1. The first-order chi connectivity index (χ1) is 19.1. The van der Waals surface area contributed by atoms with Crippen LogP contribution in [0.1, 0.15) is 22.9 Å². The second kappa shape index (κ2) is 13.0. The van der Waals surface area contributed by atoms with E-state index in [-0.39, 0.29) is 18.0 Å². The van der Waals surface area contributed by atoms with E-state index in [1.165, 1.54) is 30.6 Å². The van der Waals surface area contributed by atoms with Crippen LogP contribution < -0.4 is 10.0 Å². The summed E-state index contributed by atoms with van der Waals surface area (Å²) in [5, 5.41) is 7.38. The lowest BCUT2D eigenvalue weighted by molar-refractivity contribution is -0.134. The van der Waals surface area contributed by atoms with E-state index >= 15 is 0 Å². The van der Waals surface area contributed by atoms with Crippen LogP contribution in [0.5, 0.6) is 0 Å². The van der Waals surface area contributed by atoms with Crippen LogP contribution in [0.15, 0.2) is 77.5 Å². The number of likely N-dealkylation sites (N-methyl/N-ethyl adjacent to an activating group) is 1. The number of carbonyl (C=O) groups is 2. The van der Waals surface area contributed by atoms with Crippen molar-refractivity contribution >= 4 is 50.7 Å². The van der Waals surface area contributed by atoms with Crippen LogP contribution in [0.2, 0.25) is 0 Å². The van der Waals surface area contributed by atoms with Gasteiger partial charge in [0.2, 0.25) is 5.91 Å². The third kappa shape index (κ3) is 7.88. The van der Waals surface area contributed by atoms with Crippen LogP contribution in [0.4, 0.5) is 10.5 Å². The summed E-state index contributed by atoms with van der Waals surface area (Å²) < 4.78 is 38.2. The van der Waals surface area contributed by atoms with Crippen LogP contribution in [0, 0.1) is 0 Å². The standard InChI is InChI=1S/C27H28N4O6S3/c1-31(26(32)21(29-27(33)37-2)15-18-7-4-3-5-8-18)23(22-17-39-25(28-22)24-9-6-14-38-24)16-19-10-12-20(13-11-19)30-40(34,35)36/h3-14,17,21,23,30H,15-16H2,1-2H3,(H,29,33)(H,34,35,36)/t21-,23-/m0/s1. The largest absolute Gasteiger partial charge is 0.453 e. The van der Waals surface area contributed by atoms with Crippen molar-refractivity contribution in [2.75, 3.05) is 18.9 Å². The Morgan fingerprint density at radius 3 is 2.33 bits per heavy atom. The minimum absolute atomic E-state index is 0.200. The molecule has 0 aliphatic carbocycles. The number of amides is 2. The van der Waals surface area contributed by atoms with Crippen molar-refractivity contribution in [2.24, 2.45) is 0 Å². The van der Waals surface area contributed by atoms with Crippen LogP contribution in [0.3, 0.4) is 0 Å². The van der Waals surface area contributed by atoms with Gasteiger partial charge >= 0.3 is 16.4 Å². The maximum atomic E-state index is 13.9. The number of aromatic nitrogens is 1. The Bertz CT molecular complexity index is 1520. The summed E-state index contributed by atoms with van der Waals surface area (Å²) in [7, 11) is -1.49. The van der Waals surface area contributed by atoms with E-state index in [4.69, 9.17) is 14.3 Å². The molecule has 2 atom stereocenters. The van der Waals surface area contributed by atoms with Gasteiger partial charge in [-0.2, -0.15) is 8.42 Å². The Labute approximate surface area is 240 Å². The van der Waals surface area contributed by atoms with Gasteiger partial charge in [-0.05, 0) is 41.1 Å². The van der Waals surface area contributed by atoms with Gasteiger partial charge in [0.25, 0.3) is 0 Å². The fraction of sp³-hybridized carbons (Fsp3) is 0.222. The molecule has 0 unspecified atom stereocenters. The van der Waals surface area contributed by atoms with E-state index in [9.17, 15) is 18.0 Å². The monoisotopic (exact) mass is 600 g/mol. The molecule has 0 aliphatic heterocycles. The van der Waals surface area contributed by atoms with Gasteiger partial charge in [-0.25, -0.2) is 9.78 Å². The average molecular weight is 601 g/mol. The average Bonchev–Trinajstić information content (AvgIpc) is 3.64. The lowest BCUT2D eigenvalue weighted by atomic mass is 10.00. The quantitative estimate of drug-likeness (QED) is 0.210. The Morgan fingerprint density at radius 2 is 1.70 bits per heavy atom. The lowest BCUT2D eigenvalue weighted by Gasteiger charge is -2.31. The molecule has 10 nitrogen and oxygen atoms in total. The number of ether oxygens (including phenoxy) is 1. The molecule has 2 aromatic heterocycles. The van der Waals surface area contributed by atoms with E-state index in [0.717, 1.165) is 21.0 Å². The highest BCUT2D eigenvalue weighted by Gasteiger charge is 2.31. The smallest absolute Gasteiger partial charge is 0.407 e. The lowest BCUT2D eigenvalue weighted by Crippen LogP contribution is -2.49. The molecule has 0 bridgehead atoms. The van der Waals surface area contributed by atoms with Crippen molar-refractivity contribution in [3.63, 3.8) is 0 Å². The van der Waals surface area contributed by atoms with Crippen molar-refractivity contribution in [3.8, 4) is 9.88 Å². The van der Waals surface area contributed by atoms with Gasteiger partial charge in [0.15, 0.2) is 0 Å². The predicted octanol–water partition coefficient (Wildman–Crippen LogP) is 4.80. The number of benzene rings is 2. The van der Waals surface area contributed by atoms with Gasteiger partial charge < -0.3 is 15.0 Å². The highest BCUT2D eigenvalue weighted by molar-refractivity contribution is 7.87. The van der Waals surface area contributed by atoms with E-state index < -0.39 is 28.5 Å². The second-order valence-corrected chi connectivity index (χ2v) is 11.8. The Kier molecular flexibility index (Phi) is 9.53. The first-order valence-corrected chi connectivity index (χ1v) is 15.3. The molecule has 13 heteroatoms. The third-order valence-electron chi connectivity index (χ3n) is 6.10. The van der Waals surface area contributed by atoms with Gasteiger partial charge in [0.1, 0.15) is 11.0 Å². The summed E-state index contributed by atoms with van der Waals surface area (Å²) in [6.07, 6.45) is -0.0905. The molecule has 2 amide bonds. The Morgan fingerprint density at radius 1 is 1.00 bits per heavy atom. The molecule has 40 heavy (non-hydrogen) atoms. The van der Waals surface area contributed by atoms with Crippen molar-refractivity contribution in [1.82, 2.24) is 15.2 Å². The number of hydrogen-bond acceptors (Lipinski definition) is 8. The number of hydrogen-bond donors (Lipinski definition) is 3. The third-order valence-corrected chi connectivity index (χ3v) is 8.49. The summed E-state index contributed by atoms with van der Waals surface area (Å²) in [5.41, 5.74) is 2.56. The highest BCUT2D eigenvalue weighted by atomic mass is 32.2. The molecule has 210 valence electrons. The number of thiophene rings is 1. The van der Waals surface area contributed by atoms with Crippen molar-refractivity contribution in [3.05, 3.63) is 94.3 Å². The van der Waals surface area contributed by atoms with Crippen molar-refractivity contribution in [1.29, 1.82) is 0 Å². The summed E-state index contributed by atoms with van der Waals surface area (Å²) in [4.78, 5) is 33.5. The number of rotatable bonds is 11. The molecule has 2 heterocycles. The minimum Gasteiger partial charge on any atom is -0.453 e. The fourth-order valence-electron chi connectivity index (χ4n) is 4.12. The molecule has 4 rings (SSSR count). The number of nitrogens with one attached hydrogen (secondary N) is 2. The maximum absolute atomic E-state index is 13.9. The van der Waals surface area contributed by atoms with Crippen LogP contribution >= 0.6 is 22.7 Å². The number of anilines is 1. The van der Waals surface area contributed by atoms with Crippen LogP contribution in [-0.4, -0.2) is 55.1 Å². The van der Waals surface area contributed by atoms with E-state index in [0.29, 0.717) is 12.1 Å². The van der Waals surface area contributed by atoms with E-state index in [1.807, 2.05) is 57.9 Å². The molecule has 0 aliphatic rings. The number of thiazole rings is 1. The number of alkyl carbamates (subject to hydrolysis) is 1. The van der Waals surface area contributed by atoms with E-state index in [1.54, 1.807) is 35.4 Å². The molecule has 3 N–H and O–H groups in total. The molecular formula is C27H28N4O6S3. The molecule has 0 saturated carbocycles. The molecule has 2 aromatic carbocycles. The minimum atomic E-state index is -4.40. The van der Waals surface area contributed by atoms with Gasteiger partial charge in [-0.3, -0.25) is 14.1 Å². The van der Waals surface area contributed by atoms with Crippen LogP contribution in [-0.2, 0) is 32.7 Å². The SMILES string of the molecule is COC(=O)N[C@@H](Cc1ccccc1)C(=O)N(C)[C@@H](Cc1ccc(NS(=O)(=O)O)cc1)c1csc(-c2cccs2)n1. The predicted molar refractivity (Wildman–Crippen MR) is 156 cm³/mol. The first kappa shape index (κ1) is 29.2. The zero-order valence-electron chi connectivity index (χ0n) is 21.7. The van der Waals surface area contributed by atoms with Crippen molar-refractivity contribution < 1.29 is 27.3 Å². The molecule has 0 saturated heterocycles. The number of methoxy groups -OCH3 is 1. The molecular weight excluding hydrogens is 573 g/mol. The van der Waals surface area contributed by atoms with Gasteiger partial charge in [-0.15, -0.1) is 22.7 Å². The van der Waals surface area contributed by atoms with Crippen LogP contribution in [0.25, 0.3) is 9.88 Å². The molecule has 0 spiro atoms. The molecule has 4 aromatic rings. The van der Waals surface area contributed by atoms with E-state index in [2.05, 4.69) is 5.32 Å². The highest BCUT2D eigenvalue weighted by Crippen LogP contribution is 2.33. The van der Waals surface area contributed by atoms with Gasteiger partial charge in [0, 0.05) is 18.8 Å². The fourth-order valence-corrected chi connectivity index (χ4v) is 6.24. The zero-order valence-corrected chi connectivity index (χ0v) is 24.1. The zero-order chi connectivity index (χ0) is 28.7. The second-order valence-electron chi connectivity index (χ2n) is 8.88. The maximum Gasteiger partial charge on any atom is 0.407 e. The summed E-state index contributed by atoms with van der Waals surface area (Å²) in [5.74, 6) is -0.324. The summed E-state index contributed by atoms with van der Waals surface area (Å²) in [6, 6.07) is 18.4.